The van der Waals surface area contributed by atoms with Gasteiger partial charge in [-0.05, 0) is 30.1 Å². The Kier molecular flexibility index (Phi) is 2.15. The highest BCUT2D eigenvalue weighted by atomic mass is 32.2. The molecule has 4 atom stereocenters. The van der Waals surface area contributed by atoms with Crippen LogP contribution >= 0.6 is 11.8 Å². The van der Waals surface area contributed by atoms with E-state index in [4.69, 9.17) is 0 Å². The van der Waals surface area contributed by atoms with E-state index in [1.54, 1.807) is 0 Å². The summed E-state index contributed by atoms with van der Waals surface area (Å²) >= 11 is 2.12. The monoisotopic (exact) mass is 171 g/mol. The zero-order valence-electron chi connectivity index (χ0n) is 7.34. The van der Waals surface area contributed by atoms with E-state index in [1.807, 2.05) is 0 Å². The van der Waals surface area contributed by atoms with Gasteiger partial charge in [-0.25, -0.2) is 0 Å². The third kappa shape index (κ3) is 1.31. The van der Waals surface area contributed by atoms with Crippen LogP contribution in [-0.2, 0) is 0 Å². The van der Waals surface area contributed by atoms with Crippen LogP contribution in [0.5, 0.6) is 0 Å². The second-order valence-corrected chi connectivity index (χ2v) is 5.13. The van der Waals surface area contributed by atoms with Crippen molar-refractivity contribution in [3.63, 3.8) is 0 Å². The molecular weight excluding hydrogens is 154 g/mol. The Hall–Kier alpha value is 0.310. The van der Waals surface area contributed by atoms with Gasteiger partial charge in [-0.2, -0.15) is 11.8 Å². The number of hydrogen-bond donors (Lipinski definition) is 1. The molecule has 0 saturated carbocycles. The van der Waals surface area contributed by atoms with Crippen molar-refractivity contribution in [2.45, 2.75) is 19.9 Å². The number of rotatable bonds is 0. The highest BCUT2D eigenvalue weighted by molar-refractivity contribution is 7.99. The highest BCUT2D eigenvalue weighted by Crippen LogP contribution is 2.36. The SMILES string of the molecule is CC1CNC2CSCC2C1C. The van der Waals surface area contributed by atoms with Gasteiger partial charge in [0, 0.05) is 11.8 Å². The van der Waals surface area contributed by atoms with Crippen molar-refractivity contribution in [2.75, 3.05) is 18.1 Å². The summed E-state index contributed by atoms with van der Waals surface area (Å²) in [5.74, 6) is 5.53. The Morgan fingerprint density at radius 3 is 2.91 bits per heavy atom. The number of hydrogen-bond acceptors (Lipinski definition) is 2. The minimum Gasteiger partial charge on any atom is -0.313 e. The molecule has 0 amide bonds. The molecule has 1 nitrogen and oxygen atoms in total. The average Bonchev–Trinajstić information content (AvgIpc) is 2.45. The number of thioether (sulfide) groups is 1. The van der Waals surface area contributed by atoms with Gasteiger partial charge in [0.05, 0.1) is 0 Å². The van der Waals surface area contributed by atoms with E-state index in [9.17, 15) is 0 Å². The van der Waals surface area contributed by atoms with E-state index in [1.165, 1.54) is 18.1 Å². The molecular formula is C9H17NS. The van der Waals surface area contributed by atoms with Crippen LogP contribution < -0.4 is 5.32 Å². The van der Waals surface area contributed by atoms with Gasteiger partial charge in [-0.3, -0.25) is 0 Å². The molecule has 2 aliphatic heterocycles. The van der Waals surface area contributed by atoms with E-state index in [0.29, 0.717) is 0 Å². The molecule has 0 aromatic rings. The second-order valence-electron chi connectivity index (χ2n) is 4.05. The normalized spacial score (nSPS) is 50.7. The molecule has 2 heterocycles. The van der Waals surface area contributed by atoms with Crippen LogP contribution in [0.3, 0.4) is 0 Å². The Balaban J connectivity index is 2.06. The molecule has 0 aliphatic carbocycles. The van der Waals surface area contributed by atoms with E-state index >= 15 is 0 Å². The van der Waals surface area contributed by atoms with Crippen molar-refractivity contribution < 1.29 is 0 Å². The molecule has 0 bridgehead atoms. The molecule has 2 saturated heterocycles. The average molecular weight is 171 g/mol. The molecule has 0 aromatic carbocycles. The quantitative estimate of drug-likeness (QED) is 0.594. The van der Waals surface area contributed by atoms with Crippen LogP contribution in [0.1, 0.15) is 13.8 Å². The lowest BCUT2D eigenvalue weighted by Crippen LogP contribution is -2.48. The molecule has 0 spiro atoms. The first-order valence-electron chi connectivity index (χ1n) is 4.60. The number of nitrogens with one attached hydrogen (secondary N) is 1. The lowest BCUT2D eigenvalue weighted by atomic mass is 9.78. The predicted molar refractivity (Wildman–Crippen MR) is 50.9 cm³/mol. The Bertz CT molecular complexity index is 148. The Morgan fingerprint density at radius 1 is 1.27 bits per heavy atom. The zero-order chi connectivity index (χ0) is 7.84. The summed E-state index contributed by atoms with van der Waals surface area (Å²) in [6.07, 6.45) is 0. The first-order chi connectivity index (χ1) is 5.29. The molecule has 1 N–H and O–H groups in total. The predicted octanol–water partition coefficient (Wildman–Crippen LogP) is 1.59. The lowest BCUT2D eigenvalue weighted by Gasteiger charge is -2.36. The molecule has 64 valence electrons. The van der Waals surface area contributed by atoms with Gasteiger partial charge in [0.2, 0.25) is 0 Å². The third-order valence-corrected chi connectivity index (χ3v) is 4.61. The van der Waals surface area contributed by atoms with Crippen LogP contribution in [0.2, 0.25) is 0 Å². The minimum absolute atomic E-state index is 0.839. The summed E-state index contributed by atoms with van der Waals surface area (Å²) in [6.45, 7) is 6.04. The van der Waals surface area contributed by atoms with E-state index in [0.717, 1.165) is 23.8 Å². The van der Waals surface area contributed by atoms with E-state index in [-0.39, 0.29) is 0 Å². The second kappa shape index (κ2) is 2.98. The van der Waals surface area contributed by atoms with Crippen LogP contribution in [-0.4, -0.2) is 24.1 Å². The minimum atomic E-state index is 0.839. The van der Waals surface area contributed by atoms with Gasteiger partial charge in [0.25, 0.3) is 0 Å². The van der Waals surface area contributed by atoms with Crippen LogP contribution in [0, 0.1) is 17.8 Å². The fourth-order valence-electron chi connectivity index (χ4n) is 2.24. The smallest absolute Gasteiger partial charge is 0.0197 e. The fraction of sp³-hybridized carbons (Fsp3) is 1.00. The number of fused-ring (bicyclic) bond motifs is 1. The van der Waals surface area contributed by atoms with Gasteiger partial charge >= 0.3 is 0 Å². The Morgan fingerprint density at radius 2 is 2.09 bits per heavy atom. The van der Waals surface area contributed by atoms with Crippen LogP contribution in [0.15, 0.2) is 0 Å². The highest BCUT2D eigenvalue weighted by Gasteiger charge is 2.37. The first-order valence-corrected chi connectivity index (χ1v) is 5.75. The molecule has 2 rings (SSSR count). The van der Waals surface area contributed by atoms with Crippen molar-refractivity contribution in [3.05, 3.63) is 0 Å². The van der Waals surface area contributed by atoms with Crippen molar-refractivity contribution in [1.29, 1.82) is 0 Å². The van der Waals surface area contributed by atoms with Crippen LogP contribution in [0.4, 0.5) is 0 Å². The van der Waals surface area contributed by atoms with Crippen molar-refractivity contribution in [1.82, 2.24) is 5.32 Å². The topological polar surface area (TPSA) is 12.0 Å². The third-order valence-electron chi connectivity index (χ3n) is 3.40. The van der Waals surface area contributed by atoms with E-state index < -0.39 is 0 Å². The largest absolute Gasteiger partial charge is 0.313 e. The summed E-state index contributed by atoms with van der Waals surface area (Å²) in [5, 5.41) is 3.64. The summed E-state index contributed by atoms with van der Waals surface area (Å²) in [7, 11) is 0. The maximum atomic E-state index is 3.64. The molecule has 4 unspecified atom stereocenters. The molecule has 2 fully saturated rings. The molecule has 0 radical (unpaired) electrons. The summed E-state index contributed by atoms with van der Waals surface area (Å²) in [4.78, 5) is 0. The Labute approximate surface area is 73.3 Å². The van der Waals surface area contributed by atoms with Crippen molar-refractivity contribution >= 4 is 11.8 Å². The first kappa shape index (κ1) is 7.93. The summed E-state index contributed by atoms with van der Waals surface area (Å²) in [5.41, 5.74) is 0. The van der Waals surface area contributed by atoms with Gasteiger partial charge < -0.3 is 5.32 Å². The molecule has 2 aliphatic rings. The fourth-order valence-corrected chi connectivity index (χ4v) is 3.81. The number of piperidine rings is 1. The van der Waals surface area contributed by atoms with Gasteiger partial charge in [0.15, 0.2) is 0 Å². The molecule has 2 heteroatoms. The van der Waals surface area contributed by atoms with Crippen LogP contribution in [0.25, 0.3) is 0 Å². The van der Waals surface area contributed by atoms with Gasteiger partial charge in [0.1, 0.15) is 0 Å². The maximum absolute atomic E-state index is 3.64. The maximum Gasteiger partial charge on any atom is 0.0197 e. The standard InChI is InChI=1S/C9H17NS/c1-6-3-10-9-5-11-4-8(9)7(6)2/h6-10H,3-5H2,1-2H3. The van der Waals surface area contributed by atoms with Gasteiger partial charge in [-0.15, -0.1) is 0 Å². The van der Waals surface area contributed by atoms with Gasteiger partial charge in [-0.1, -0.05) is 13.8 Å². The zero-order valence-corrected chi connectivity index (χ0v) is 8.16. The summed E-state index contributed by atoms with van der Waals surface area (Å²) in [6, 6.07) is 0.839. The lowest BCUT2D eigenvalue weighted by molar-refractivity contribution is 0.182. The summed E-state index contributed by atoms with van der Waals surface area (Å²) < 4.78 is 0. The molecule has 0 aromatic heterocycles. The van der Waals surface area contributed by atoms with E-state index in [2.05, 4.69) is 30.9 Å². The molecule has 11 heavy (non-hydrogen) atoms. The van der Waals surface area contributed by atoms with Crippen molar-refractivity contribution in [3.8, 4) is 0 Å². The van der Waals surface area contributed by atoms with Crippen molar-refractivity contribution in [2.24, 2.45) is 17.8 Å².